The van der Waals surface area contributed by atoms with Gasteiger partial charge in [0, 0.05) is 13.2 Å². The number of carbonyl (C=O) groups excluding carboxylic acids is 2. The van der Waals surface area contributed by atoms with E-state index in [1.165, 1.54) is 12.7 Å². The van der Waals surface area contributed by atoms with Crippen molar-refractivity contribution in [1.82, 2.24) is 10.6 Å². The minimum absolute atomic E-state index is 0.0000514. The maximum Gasteiger partial charge on any atom is 0.337 e. The van der Waals surface area contributed by atoms with Crippen LogP contribution < -0.4 is 10.6 Å². The van der Waals surface area contributed by atoms with Gasteiger partial charge in [0.05, 0.1) is 18.7 Å². The Morgan fingerprint density at radius 2 is 1.74 bits per heavy atom. The quantitative estimate of drug-likeness (QED) is 0.476. The fraction of sp³-hybridized carbons (Fsp3) is 0.440. The zero-order valence-electron chi connectivity index (χ0n) is 18.4. The molecule has 0 saturated carbocycles. The molecule has 3 rings (SSSR count). The van der Waals surface area contributed by atoms with Gasteiger partial charge < -0.3 is 20.1 Å². The first-order chi connectivity index (χ1) is 15.0. The summed E-state index contributed by atoms with van der Waals surface area (Å²) in [6.07, 6.45) is 3.24. The molecule has 1 aliphatic heterocycles. The van der Waals surface area contributed by atoms with Crippen LogP contribution in [0.4, 0.5) is 0 Å². The zero-order chi connectivity index (χ0) is 22.1. The number of hydrogen-bond acceptors (Lipinski definition) is 5. The maximum atomic E-state index is 13.3. The first kappa shape index (κ1) is 23.0. The van der Waals surface area contributed by atoms with E-state index in [0.29, 0.717) is 31.6 Å². The predicted octanol–water partition coefficient (Wildman–Crippen LogP) is 3.42. The number of rotatable bonds is 9. The summed E-state index contributed by atoms with van der Waals surface area (Å²) in [5.41, 5.74) is 2.12. The molecule has 31 heavy (non-hydrogen) atoms. The number of ether oxygens (including phenoxy) is 2. The van der Waals surface area contributed by atoms with Crippen molar-refractivity contribution < 1.29 is 19.1 Å². The van der Waals surface area contributed by atoms with E-state index < -0.39 is 5.54 Å². The predicted molar refractivity (Wildman–Crippen MR) is 120 cm³/mol. The molecule has 1 heterocycles. The van der Waals surface area contributed by atoms with Gasteiger partial charge in [0.25, 0.3) is 0 Å². The van der Waals surface area contributed by atoms with Crippen LogP contribution in [0, 0.1) is 0 Å². The third kappa shape index (κ3) is 6.15. The van der Waals surface area contributed by atoms with Gasteiger partial charge >= 0.3 is 5.97 Å². The van der Waals surface area contributed by atoms with Gasteiger partial charge in [0.1, 0.15) is 5.54 Å². The number of hydrogen-bond donors (Lipinski definition) is 2. The number of nitrogens with one attached hydrogen (secondary N) is 2. The van der Waals surface area contributed by atoms with Crippen LogP contribution in [0.3, 0.4) is 0 Å². The zero-order valence-corrected chi connectivity index (χ0v) is 18.4. The summed E-state index contributed by atoms with van der Waals surface area (Å²) >= 11 is 0. The molecular weight excluding hydrogens is 392 g/mol. The Morgan fingerprint density at radius 3 is 2.39 bits per heavy atom. The van der Waals surface area contributed by atoms with Gasteiger partial charge in [0.15, 0.2) is 0 Å². The van der Waals surface area contributed by atoms with Crippen LogP contribution in [0.5, 0.6) is 0 Å². The molecule has 166 valence electrons. The summed E-state index contributed by atoms with van der Waals surface area (Å²) in [5.74, 6) is -0.371. The minimum atomic E-state index is -0.616. The van der Waals surface area contributed by atoms with Crippen molar-refractivity contribution in [3.05, 3.63) is 71.3 Å². The van der Waals surface area contributed by atoms with E-state index in [1.54, 1.807) is 12.1 Å². The van der Waals surface area contributed by atoms with Gasteiger partial charge in [-0.3, -0.25) is 4.79 Å². The van der Waals surface area contributed by atoms with Gasteiger partial charge in [0.2, 0.25) is 5.91 Å². The molecular formula is C25H32N2O4. The van der Waals surface area contributed by atoms with Crippen LogP contribution in [-0.2, 0) is 20.7 Å². The lowest BCUT2D eigenvalue weighted by atomic mass is 9.88. The number of aryl methyl sites for hydroxylation is 1. The molecule has 0 radical (unpaired) electrons. The van der Waals surface area contributed by atoms with Crippen LogP contribution in [0.2, 0.25) is 0 Å². The van der Waals surface area contributed by atoms with Gasteiger partial charge in [-0.05, 0) is 62.4 Å². The molecule has 1 unspecified atom stereocenters. The highest BCUT2D eigenvalue weighted by atomic mass is 16.5. The van der Waals surface area contributed by atoms with Crippen LogP contribution >= 0.6 is 0 Å². The number of carbonyl (C=O) groups is 2. The lowest BCUT2D eigenvalue weighted by Crippen LogP contribution is -2.60. The highest BCUT2D eigenvalue weighted by molar-refractivity contribution is 5.89. The second-order valence-electron chi connectivity index (χ2n) is 8.02. The summed E-state index contributed by atoms with van der Waals surface area (Å²) in [4.78, 5) is 24.9. The molecule has 2 N–H and O–H groups in total. The summed E-state index contributed by atoms with van der Waals surface area (Å²) in [7, 11) is 1.36. The molecule has 0 aromatic heterocycles. The lowest BCUT2D eigenvalue weighted by molar-refractivity contribution is -0.132. The normalized spacial score (nSPS) is 16.3. The summed E-state index contributed by atoms with van der Waals surface area (Å²) < 4.78 is 10.3. The Morgan fingerprint density at radius 1 is 1.06 bits per heavy atom. The number of esters is 1. The van der Waals surface area contributed by atoms with Crippen molar-refractivity contribution in [2.75, 3.05) is 26.9 Å². The molecule has 6 heteroatoms. The SMILES string of the molecule is COC(=O)c1ccc(C(C)NC(=O)C2(NCCCc3ccccc3)CCOCC2)cc1. The van der Waals surface area contributed by atoms with E-state index in [2.05, 4.69) is 34.9 Å². The van der Waals surface area contributed by atoms with E-state index in [-0.39, 0.29) is 17.9 Å². The van der Waals surface area contributed by atoms with Gasteiger partial charge in [-0.1, -0.05) is 42.5 Å². The Hall–Kier alpha value is -2.70. The molecule has 0 bridgehead atoms. The van der Waals surface area contributed by atoms with E-state index >= 15 is 0 Å². The highest BCUT2D eigenvalue weighted by Gasteiger charge is 2.39. The van der Waals surface area contributed by atoms with Crippen molar-refractivity contribution in [2.24, 2.45) is 0 Å². The maximum absolute atomic E-state index is 13.3. The molecule has 1 amide bonds. The molecule has 2 aromatic carbocycles. The fourth-order valence-electron chi connectivity index (χ4n) is 3.91. The molecule has 0 spiro atoms. The Bertz CT molecular complexity index is 846. The Balaban J connectivity index is 1.58. The van der Waals surface area contributed by atoms with Crippen molar-refractivity contribution >= 4 is 11.9 Å². The number of amides is 1. The average molecular weight is 425 g/mol. The molecule has 0 aliphatic carbocycles. The number of benzene rings is 2. The van der Waals surface area contributed by atoms with Crippen LogP contribution in [0.1, 0.15) is 53.7 Å². The molecule has 1 saturated heterocycles. The molecule has 1 fully saturated rings. The van der Waals surface area contributed by atoms with Crippen LogP contribution in [-0.4, -0.2) is 44.3 Å². The molecule has 1 atom stereocenters. The molecule has 6 nitrogen and oxygen atoms in total. The topological polar surface area (TPSA) is 76.7 Å². The summed E-state index contributed by atoms with van der Waals surface area (Å²) in [6.45, 7) is 3.86. The van der Waals surface area contributed by atoms with Crippen LogP contribution in [0.15, 0.2) is 54.6 Å². The number of methoxy groups -OCH3 is 1. The lowest BCUT2D eigenvalue weighted by Gasteiger charge is -2.37. The fourth-order valence-corrected chi connectivity index (χ4v) is 3.91. The summed E-state index contributed by atoms with van der Waals surface area (Å²) in [5, 5.41) is 6.70. The first-order valence-corrected chi connectivity index (χ1v) is 10.9. The average Bonchev–Trinajstić information content (AvgIpc) is 2.82. The van der Waals surface area contributed by atoms with E-state index in [0.717, 1.165) is 24.9 Å². The monoisotopic (exact) mass is 424 g/mol. The van der Waals surface area contributed by atoms with Gasteiger partial charge in [-0.2, -0.15) is 0 Å². The molecule has 2 aromatic rings. The first-order valence-electron chi connectivity index (χ1n) is 10.9. The second-order valence-corrected chi connectivity index (χ2v) is 8.02. The van der Waals surface area contributed by atoms with Crippen LogP contribution in [0.25, 0.3) is 0 Å². The van der Waals surface area contributed by atoms with Crippen molar-refractivity contribution in [1.29, 1.82) is 0 Å². The smallest absolute Gasteiger partial charge is 0.337 e. The van der Waals surface area contributed by atoms with E-state index in [1.807, 2.05) is 25.1 Å². The van der Waals surface area contributed by atoms with Crippen molar-refractivity contribution in [2.45, 2.75) is 44.2 Å². The van der Waals surface area contributed by atoms with E-state index in [4.69, 9.17) is 9.47 Å². The standard InChI is InChI=1S/C25H32N2O4/c1-19(21-10-12-22(13-11-21)23(28)30-2)27-24(29)25(14-17-31-18-15-25)26-16-6-9-20-7-4-3-5-8-20/h3-5,7-8,10-13,19,26H,6,9,14-18H2,1-2H3,(H,27,29). The third-order valence-electron chi connectivity index (χ3n) is 5.91. The van der Waals surface area contributed by atoms with Gasteiger partial charge in [-0.15, -0.1) is 0 Å². The van der Waals surface area contributed by atoms with Crippen molar-refractivity contribution in [3.63, 3.8) is 0 Å². The minimum Gasteiger partial charge on any atom is -0.465 e. The second kappa shape index (κ2) is 11.1. The Kier molecular flexibility index (Phi) is 8.20. The van der Waals surface area contributed by atoms with Gasteiger partial charge in [-0.25, -0.2) is 4.79 Å². The third-order valence-corrected chi connectivity index (χ3v) is 5.91. The van der Waals surface area contributed by atoms with Crippen molar-refractivity contribution in [3.8, 4) is 0 Å². The summed E-state index contributed by atoms with van der Waals surface area (Å²) in [6, 6.07) is 17.3. The Labute approximate surface area is 184 Å². The molecule has 1 aliphatic rings. The highest BCUT2D eigenvalue weighted by Crippen LogP contribution is 2.23. The van der Waals surface area contributed by atoms with E-state index in [9.17, 15) is 9.59 Å². The largest absolute Gasteiger partial charge is 0.465 e.